The molecule has 2 amide bonds. The monoisotopic (exact) mass is 292 g/mol. The molecule has 0 unspecified atom stereocenters. The number of nitrogens with zero attached hydrogens (tertiary/aromatic N) is 2. The summed E-state index contributed by atoms with van der Waals surface area (Å²) >= 11 is 0. The Morgan fingerprint density at radius 1 is 1.24 bits per heavy atom. The molecule has 2 aliphatic rings. The van der Waals surface area contributed by atoms with Crippen molar-refractivity contribution in [2.45, 2.75) is 39.5 Å². The van der Waals surface area contributed by atoms with Crippen molar-refractivity contribution >= 4 is 11.7 Å². The number of anilines is 1. The van der Waals surface area contributed by atoms with Crippen LogP contribution < -0.4 is 5.32 Å². The summed E-state index contributed by atoms with van der Waals surface area (Å²) in [4.78, 5) is 14.3. The highest BCUT2D eigenvalue weighted by molar-refractivity contribution is 5.90. The van der Waals surface area contributed by atoms with E-state index in [-0.39, 0.29) is 6.03 Å². The summed E-state index contributed by atoms with van der Waals surface area (Å²) in [7, 11) is 0. The second-order valence-corrected chi connectivity index (χ2v) is 6.34. The molecule has 1 aromatic rings. The van der Waals surface area contributed by atoms with Gasteiger partial charge in [-0.3, -0.25) is 5.10 Å². The first-order valence-electron chi connectivity index (χ1n) is 7.75. The molecule has 2 saturated heterocycles. The summed E-state index contributed by atoms with van der Waals surface area (Å²) in [5, 5.41) is 9.99. The molecule has 0 radical (unpaired) electrons. The molecule has 0 aliphatic carbocycles. The van der Waals surface area contributed by atoms with Gasteiger partial charge in [-0.2, -0.15) is 5.10 Å². The fourth-order valence-corrected chi connectivity index (χ4v) is 3.41. The first kappa shape index (κ1) is 14.4. The third-order valence-corrected chi connectivity index (χ3v) is 5.02. The number of likely N-dealkylation sites (tertiary alicyclic amines) is 1. The minimum Gasteiger partial charge on any atom is -0.381 e. The van der Waals surface area contributed by atoms with Crippen molar-refractivity contribution < 1.29 is 9.53 Å². The summed E-state index contributed by atoms with van der Waals surface area (Å²) in [6.45, 7) is 7.23. The van der Waals surface area contributed by atoms with Crippen LogP contribution in [0.5, 0.6) is 0 Å². The van der Waals surface area contributed by atoms with Crippen molar-refractivity contribution in [3.63, 3.8) is 0 Å². The van der Waals surface area contributed by atoms with E-state index in [1.807, 2.05) is 18.7 Å². The Morgan fingerprint density at radius 2 is 1.90 bits per heavy atom. The van der Waals surface area contributed by atoms with Gasteiger partial charge in [-0.1, -0.05) is 0 Å². The molecule has 6 nitrogen and oxygen atoms in total. The van der Waals surface area contributed by atoms with Crippen LogP contribution in [0.4, 0.5) is 10.5 Å². The van der Waals surface area contributed by atoms with Gasteiger partial charge in [-0.15, -0.1) is 0 Å². The number of aryl methyl sites for hydroxylation is 2. The number of aromatic nitrogens is 2. The molecule has 0 bridgehead atoms. The van der Waals surface area contributed by atoms with Crippen molar-refractivity contribution in [2.75, 3.05) is 31.6 Å². The van der Waals surface area contributed by atoms with Crippen LogP contribution in [0.25, 0.3) is 0 Å². The summed E-state index contributed by atoms with van der Waals surface area (Å²) in [5.41, 5.74) is 2.96. The lowest BCUT2D eigenvalue weighted by Gasteiger charge is -2.44. The van der Waals surface area contributed by atoms with Gasteiger partial charge in [0.15, 0.2) is 0 Å². The summed E-state index contributed by atoms with van der Waals surface area (Å²) in [6.07, 6.45) is 4.46. The molecule has 1 aromatic heterocycles. The Labute approximate surface area is 125 Å². The Balaban J connectivity index is 1.58. The van der Waals surface area contributed by atoms with Crippen molar-refractivity contribution in [1.29, 1.82) is 0 Å². The van der Waals surface area contributed by atoms with Crippen LogP contribution in [0.2, 0.25) is 0 Å². The number of aromatic amines is 1. The van der Waals surface area contributed by atoms with E-state index < -0.39 is 0 Å². The Morgan fingerprint density at radius 3 is 2.48 bits per heavy atom. The second kappa shape index (κ2) is 5.67. The molecular formula is C15H24N4O2. The molecule has 2 N–H and O–H groups in total. The van der Waals surface area contributed by atoms with Gasteiger partial charge in [0.1, 0.15) is 0 Å². The molecule has 116 valence electrons. The topological polar surface area (TPSA) is 70.2 Å². The average Bonchev–Trinajstić information content (AvgIpc) is 2.81. The van der Waals surface area contributed by atoms with Crippen molar-refractivity contribution in [1.82, 2.24) is 15.1 Å². The average molecular weight is 292 g/mol. The molecule has 0 saturated carbocycles. The predicted octanol–water partition coefficient (Wildman–Crippen LogP) is 2.45. The van der Waals surface area contributed by atoms with Crippen LogP contribution in [0.15, 0.2) is 0 Å². The number of H-pyrrole nitrogens is 1. The van der Waals surface area contributed by atoms with Gasteiger partial charge in [0.2, 0.25) is 0 Å². The van der Waals surface area contributed by atoms with Crippen molar-refractivity contribution in [3.05, 3.63) is 11.4 Å². The van der Waals surface area contributed by atoms with E-state index in [4.69, 9.17) is 4.74 Å². The zero-order chi connectivity index (χ0) is 14.9. The van der Waals surface area contributed by atoms with E-state index in [1.54, 1.807) is 0 Å². The van der Waals surface area contributed by atoms with Gasteiger partial charge in [0.05, 0.1) is 17.1 Å². The molecular weight excluding hydrogens is 268 g/mol. The van der Waals surface area contributed by atoms with Gasteiger partial charge in [-0.05, 0) is 44.9 Å². The molecule has 21 heavy (non-hydrogen) atoms. The standard InChI is InChI=1S/C15H24N4O2/c1-11-13(12(2)18-17-11)16-14(20)19-7-3-15(4-8-19)5-9-21-10-6-15/h3-10H2,1-2H3,(H,16,20)(H,17,18). The van der Waals surface area contributed by atoms with Gasteiger partial charge >= 0.3 is 6.03 Å². The largest absolute Gasteiger partial charge is 0.381 e. The number of amides is 2. The maximum Gasteiger partial charge on any atom is 0.321 e. The normalized spacial score (nSPS) is 21.5. The highest BCUT2D eigenvalue weighted by atomic mass is 16.5. The smallest absolute Gasteiger partial charge is 0.321 e. The molecule has 2 aliphatic heterocycles. The summed E-state index contributed by atoms with van der Waals surface area (Å²) in [5.74, 6) is 0. The minimum atomic E-state index is -0.00971. The van der Waals surface area contributed by atoms with E-state index in [2.05, 4.69) is 15.5 Å². The first-order valence-corrected chi connectivity index (χ1v) is 7.75. The third-order valence-electron chi connectivity index (χ3n) is 5.02. The van der Waals surface area contributed by atoms with Gasteiger partial charge in [0, 0.05) is 26.3 Å². The molecule has 0 aromatic carbocycles. The molecule has 0 atom stereocenters. The predicted molar refractivity (Wildman–Crippen MR) is 80.4 cm³/mol. The molecule has 3 rings (SSSR count). The molecule has 6 heteroatoms. The van der Waals surface area contributed by atoms with Gasteiger partial charge < -0.3 is 15.0 Å². The fraction of sp³-hybridized carbons (Fsp3) is 0.733. The second-order valence-electron chi connectivity index (χ2n) is 6.34. The minimum absolute atomic E-state index is 0.00971. The van der Waals surface area contributed by atoms with Crippen LogP contribution in [0.1, 0.15) is 37.1 Å². The van der Waals surface area contributed by atoms with Crippen LogP contribution in [0.3, 0.4) is 0 Å². The number of carbonyl (C=O) groups is 1. The van der Waals surface area contributed by atoms with E-state index >= 15 is 0 Å². The van der Waals surface area contributed by atoms with E-state index in [9.17, 15) is 4.79 Å². The fourth-order valence-electron chi connectivity index (χ4n) is 3.41. The Kier molecular flexibility index (Phi) is 3.89. The number of ether oxygens (including phenoxy) is 1. The van der Waals surface area contributed by atoms with Gasteiger partial charge in [0.25, 0.3) is 0 Å². The third kappa shape index (κ3) is 2.90. The zero-order valence-electron chi connectivity index (χ0n) is 12.9. The number of urea groups is 1. The quantitative estimate of drug-likeness (QED) is 0.835. The highest BCUT2D eigenvalue weighted by Crippen LogP contribution is 2.40. The van der Waals surface area contributed by atoms with E-state index in [0.29, 0.717) is 5.41 Å². The van der Waals surface area contributed by atoms with Crippen molar-refractivity contribution in [2.24, 2.45) is 5.41 Å². The zero-order valence-corrected chi connectivity index (χ0v) is 12.9. The summed E-state index contributed by atoms with van der Waals surface area (Å²) < 4.78 is 5.46. The van der Waals surface area contributed by atoms with Crippen LogP contribution in [-0.2, 0) is 4.74 Å². The van der Waals surface area contributed by atoms with Crippen LogP contribution in [0, 0.1) is 19.3 Å². The molecule has 1 spiro atoms. The molecule has 2 fully saturated rings. The maximum absolute atomic E-state index is 12.4. The molecule has 3 heterocycles. The maximum atomic E-state index is 12.4. The number of piperidine rings is 1. The van der Waals surface area contributed by atoms with E-state index in [1.165, 1.54) is 0 Å². The van der Waals surface area contributed by atoms with E-state index in [0.717, 1.165) is 69.1 Å². The summed E-state index contributed by atoms with van der Waals surface area (Å²) in [6, 6.07) is -0.00971. The Bertz CT molecular complexity index is 490. The number of rotatable bonds is 1. The number of nitrogens with one attached hydrogen (secondary N) is 2. The SMILES string of the molecule is Cc1n[nH]c(C)c1NC(=O)N1CCC2(CCOCC2)CC1. The lowest BCUT2D eigenvalue weighted by atomic mass is 9.72. The highest BCUT2D eigenvalue weighted by Gasteiger charge is 2.37. The Hall–Kier alpha value is -1.56. The van der Waals surface area contributed by atoms with Crippen LogP contribution >= 0.6 is 0 Å². The number of carbonyl (C=O) groups excluding carboxylic acids is 1. The lowest BCUT2D eigenvalue weighted by molar-refractivity contribution is -0.0138. The van der Waals surface area contributed by atoms with Crippen molar-refractivity contribution in [3.8, 4) is 0 Å². The van der Waals surface area contributed by atoms with Crippen LogP contribution in [-0.4, -0.2) is 47.4 Å². The number of hydrogen-bond donors (Lipinski definition) is 2. The van der Waals surface area contributed by atoms with Gasteiger partial charge in [-0.25, -0.2) is 4.79 Å². The first-order chi connectivity index (χ1) is 10.1. The number of hydrogen-bond acceptors (Lipinski definition) is 3. The lowest BCUT2D eigenvalue weighted by Crippen LogP contribution is -2.46.